The minimum Gasteiger partial charge on any atom is -0.449 e. The van der Waals surface area contributed by atoms with Gasteiger partial charge in [-0.05, 0) is 30.9 Å². The van der Waals surface area contributed by atoms with Crippen molar-refractivity contribution in [1.82, 2.24) is 10.6 Å². The van der Waals surface area contributed by atoms with Crippen LogP contribution in [-0.2, 0) is 16.1 Å². The number of carbonyl (C=O) groups excluding carboxylic acids is 3. The fraction of sp³-hybridized carbons (Fsp3) is 0.211. The molecule has 0 aliphatic rings. The number of amides is 3. The van der Waals surface area contributed by atoms with Crippen molar-refractivity contribution in [2.45, 2.75) is 24.5 Å². The molecular weight excluding hydrogens is 398 g/mol. The fourth-order valence-electron chi connectivity index (χ4n) is 2.28. The first-order chi connectivity index (χ1) is 13.8. The van der Waals surface area contributed by atoms with E-state index in [1.54, 1.807) is 6.26 Å². The molecule has 10 heteroatoms. The van der Waals surface area contributed by atoms with Crippen LogP contribution in [0.3, 0.4) is 0 Å². The van der Waals surface area contributed by atoms with Crippen molar-refractivity contribution in [3.05, 3.63) is 69.8 Å². The molecule has 2 aromatic carbocycles. The van der Waals surface area contributed by atoms with Crippen molar-refractivity contribution >= 4 is 35.4 Å². The molecule has 2 rings (SSSR count). The lowest BCUT2D eigenvalue weighted by molar-refractivity contribution is -0.387. The average molecular weight is 417 g/mol. The number of ether oxygens (including phenoxy) is 1. The van der Waals surface area contributed by atoms with Gasteiger partial charge in [0.25, 0.3) is 11.6 Å². The average Bonchev–Trinajstić information content (AvgIpc) is 2.72. The molecule has 0 saturated heterocycles. The van der Waals surface area contributed by atoms with Crippen molar-refractivity contribution in [2.75, 3.05) is 6.26 Å². The van der Waals surface area contributed by atoms with E-state index in [0.29, 0.717) is 4.90 Å². The van der Waals surface area contributed by atoms with Crippen LogP contribution >= 0.6 is 11.8 Å². The Balaban J connectivity index is 1.91. The Bertz CT molecular complexity index is 919. The second kappa shape index (κ2) is 10.2. The Morgan fingerprint density at radius 2 is 1.86 bits per heavy atom. The Morgan fingerprint density at radius 1 is 1.17 bits per heavy atom. The summed E-state index contributed by atoms with van der Waals surface area (Å²) in [6.07, 6.45) is 0.402. The lowest BCUT2D eigenvalue weighted by Crippen LogP contribution is -2.44. The molecule has 0 spiro atoms. The molecular formula is C19H19N3O6S. The predicted octanol–water partition coefficient (Wildman–Crippen LogP) is 2.89. The molecule has 152 valence electrons. The quantitative estimate of drug-likeness (QED) is 0.307. The monoisotopic (exact) mass is 417 g/mol. The van der Waals surface area contributed by atoms with Crippen LogP contribution in [0.2, 0.25) is 0 Å². The van der Waals surface area contributed by atoms with Crippen molar-refractivity contribution < 1.29 is 24.0 Å². The van der Waals surface area contributed by atoms with E-state index in [9.17, 15) is 24.5 Å². The molecule has 0 heterocycles. The van der Waals surface area contributed by atoms with Gasteiger partial charge >= 0.3 is 12.0 Å². The zero-order valence-electron chi connectivity index (χ0n) is 15.7. The molecule has 29 heavy (non-hydrogen) atoms. The molecule has 2 aromatic rings. The maximum atomic E-state index is 12.2. The molecule has 9 nitrogen and oxygen atoms in total. The molecule has 0 bridgehead atoms. The summed E-state index contributed by atoms with van der Waals surface area (Å²) in [7, 11) is 0. The van der Waals surface area contributed by atoms with Crippen LogP contribution < -0.4 is 10.6 Å². The van der Waals surface area contributed by atoms with E-state index in [2.05, 4.69) is 10.6 Å². The van der Waals surface area contributed by atoms with E-state index < -0.39 is 28.9 Å². The lowest BCUT2D eigenvalue weighted by Gasteiger charge is -2.13. The maximum Gasteiger partial charge on any atom is 0.339 e. The number of imide groups is 1. The van der Waals surface area contributed by atoms with Crippen molar-refractivity contribution in [3.63, 3.8) is 0 Å². The van der Waals surface area contributed by atoms with Gasteiger partial charge in [-0.1, -0.05) is 30.3 Å². The van der Waals surface area contributed by atoms with Gasteiger partial charge in [-0.3, -0.25) is 20.2 Å². The number of nitrogens with zero attached hydrogens (tertiary/aromatic N) is 1. The number of thioether (sulfide) groups is 1. The Kier molecular flexibility index (Phi) is 7.72. The van der Waals surface area contributed by atoms with Gasteiger partial charge in [0.05, 0.1) is 15.4 Å². The Labute approximate surface area is 171 Å². The molecule has 0 saturated carbocycles. The number of nitrogens with one attached hydrogen (secondary N) is 2. The third-order valence-electron chi connectivity index (χ3n) is 3.80. The molecule has 0 fully saturated rings. The van der Waals surface area contributed by atoms with Gasteiger partial charge in [-0.25, -0.2) is 9.59 Å². The topological polar surface area (TPSA) is 128 Å². The molecule has 1 atom stereocenters. The van der Waals surface area contributed by atoms with E-state index in [-0.39, 0.29) is 17.8 Å². The van der Waals surface area contributed by atoms with Crippen molar-refractivity contribution in [3.8, 4) is 0 Å². The highest BCUT2D eigenvalue weighted by atomic mass is 32.2. The Hall–Kier alpha value is -3.40. The predicted molar refractivity (Wildman–Crippen MR) is 107 cm³/mol. The summed E-state index contributed by atoms with van der Waals surface area (Å²) in [4.78, 5) is 47.0. The molecule has 3 amide bonds. The smallest absolute Gasteiger partial charge is 0.339 e. The first-order valence-electron chi connectivity index (χ1n) is 8.48. The second-order valence-corrected chi connectivity index (χ2v) is 6.70. The minimum absolute atomic E-state index is 0.0670. The highest BCUT2D eigenvalue weighted by Crippen LogP contribution is 2.28. The third-order valence-corrected chi connectivity index (χ3v) is 4.58. The number of urea groups is 1. The number of nitro groups is 1. The normalized spacial score (nSPS) is 11.2. The van der Waals surface area contributed by atoms with Crippen LogP contribution in [0, 0.1) is 10.1 Å². The number of rotatable bonds is 7. The third kappa shape index (κ3) is 6.32. The van der Waals surface area contributed by atoms with Gasteiger partial charge in [-0.15, -0.1) is 11.8 Å². The van der Waals surface area contributed by atoms with Gasteiger partial charge in [-0.2, -0.15) is 0 Å². The number of hydrogen-bond acceptors (Lipinski definition) is 7. The van der Waals surface area contributed by atoms with Crippen LogP contribution in [0.4, 0.5) is 10.5 Å². The van der Waals surface area contributed by atoms with Crippen molar-refractivity contribution in [1.29, 1.82) is 0 Å². The lowest BCUT2D eigenvalue weighted by atomic mass is 10.2. The summed E-state index contributed by atoms with van der Waals surface area (Å²) in [5.74, 6) is -1.73. The molecule has 0 aliphatic carbocycles. The number of carbonyl (C=O) groups is 3. The molecule has 0 radical (unpaired) electrons. The van der Waals surface area contributed by atoms with Crippen LogP contribution in [0.15, 0.2) is 53.4 Å². The van der Waals surface area contributed by atoms with Crippen LogP contribution in [-0.4, -0.2) is 35.2 Å². The van der Waals surface area contributed by atoms with Gasteiger partial charge in [0.2, 0.25) is 0 Å². The molecule has 0 aromatic heterocycles. The van der Waals surface area contributed by atoms with E-state index in [0.717, 1.165) is 11.6 Å². The van der Waals surface area contributed by atoms with Gasteiger partial charge in [0, 0.05) is 12.6 Å². The summed E-state index contributed by atoms with van der Waals surface area (Å²) in [5.41, 5.74) is 0.553. The van der Waals surface area contributed by atoms with Crippen LogP contribution in [0.5, 0.6) is 0 Å². The van der Waals surface area contributed by atoms with Gasteiger partial charge < -0.3 is 10.1 Å². The SMILES string of the molecule is CSc1ccc(C(=O)O[C@@H](C)C(=O)NC(=O)NCc2ccccc2)cc1[N+](=O)[O-]. The summed E-state index contributed by atoms with van der Waals surface area (Å²) >= 11 is 1.17. The number of nitro benzene ring substituents is 1. The van der Waals surface area contributed by atoms with E-state index >= 15 is 0 Å². The van der Waals surface area contributed by atoms with E-state index in [1.165, 1.54) is 30.8 Å². The summed E-state index contributed by atoms with van der Waals surface area (Å²) in [6, 6.07) is 12.3. The highest BCUT2D eigenvalue weighted by Gasteiger charge is 2.23. The van der Waals surface area contributed by atoms with E-state index in [4.69, 9.17) is 4.74 Å². The van der Waals surface area contributed by atoms with Crippen LogP contribution in [0.1, 0.15) is 22.8 Å². The Morgan fingerprint density at radius 3 is 2.48 bits per heavy atom. The minimum atomic E-state index is -1.27. The summed E-state index contributed by atoms with van der Waals surface area (Å²) in [6.45, 7) is 1.52. The van der Waals surface area contributed by atoms with Gasteiger partial charge in [0.15, 0.2) is 6.10 Å². The zero-order valence-corrected chi connectivity index (χ0v) is 16.5. The second-order valence-electron chi connectivity index (χ2n) is 5.85. The van der Waals surface area contributed by atoms with E-state index in [1.807, 2.05) is 30.3 Å². The highest BCUT2D eigenvalue weighted by molar-refractivity contribution is 7.98. The number of benzene rings is 2. The zero-order chi connectivity index (χ0) is 21.4. The number of hydrogen-bond donors (Lipinski definition) is 2. The standard InChI is InChI=1S/C19H19N3O6S/c1-12(17(23)21-19(25)20-11-13-6-4-3-5-7-13)28-18(24)14-8-9-16(29-2)15(10-14)22(26)27/h3-10,12H,11H2,1-2H3,(H2,20,21,23,25)/t12-/m0/s1. The molecule has 0 unspecified atom stereocenters. The molecule has 2 N–H and O–H groups in total. The fourth-order valence-corrected chi connectivity index (χ4v) is 2.82. The van der Waals surface area contributed by atoms with Crippen LogP contribution in [0.25, 0.3) is 0 Å². The summed E-state index contributed by atoms with van der Waals surface area (Å²) in [5, 5.41) is 15.7. The first-order valence-corrected chi connectivity index (χ1v) is 9.70. The largest absolute Gasteiger partial charge is 0.449 e. The first kappa shape index (κ1) is 21.9. The maximum absolute atomic E-state index is 12.2. The molecule has 0 aliphatic heterocycles. The summed E-state index contributed by atoms with van der Waals surface area (Å²) < 4.78 is 5.01. The van der Waals surface area contributed by atoms with Gasteiger partial charge in [0.1, 0.15) is 0 Å². The van der Waals surface area contributed by atoms with Crippen molar-refractivity contribution in [2.24, 2.45) is 0 Å². The number of esters is 1.